The first kappa shape index (κ1) is 17.5. The molecular weight excluding hydrogens is 312 g/mol. The van der Waals surface area contributed by atoms with Crippen molar-refractivity contribution in [3.63, 3.8) is 0 Å². The quantitative estimate of drug-likeness (QED) is 0.848. The second-order valence-electron chi connectivity index (χ2n) is 6.80. The Hall–Kier alpha value is -0.540. The lowest BCUT2D eigenvalue weighted by Crippen LogP contribution is -2.39. The maximum atomic E-state index is 6.05. The fourth-order valence-corrected chi connectivity index (χ4v) is 2.68. The summed E-state index contributed by atoms with van der Waals surface area (Å²) in [7, 11) is 2.16. The lowest BCUT2D eigenvalue weighted by molar-refractivity contribution is 0.330. The van der Waals surface area contributed by atoms with Crippen LogP contribution in [0, 0.1) is 5.41 Å². The van der Waals surface area contributed by atoms with E-state index in [0.29, 0.717) is 6.04 Å². The van der Waals surface area contributed by atoms with Crippen molar-refractivity contribution in [2.45, 2.75) is 59.5 Å². The van der Waals surface area contributed by atoms with Crippen LogP contribution in [0.2, 0.25) is 0 Å². The van der Waals surface area contributed by atoms with Crippen LogP contribution in [-0.2, 0) is 6.42 Å². The molecule has 0 amide bonds. The third-order valence-electron chi connectivity index (χ3n) is 4.28. The molecule has 2 nitrogen and oxygen atoms in total. The molecule has 0 bridgehead atoms. The average molecular weight is 341 g/mol. The molecule has 20 heavy (non-hydrogen) atoms. The zero-order valence-corrected chi connectivity index (χ0v) is 15.3. The van der Waals surface area contributed by atoms with Crippen molar-refractivity contribution in [2.24, 2.45) is 11.1 Å². The van der Waals surface area contributed by atoms with Gasteiger partial charge in [0.25, 0.3) is 0 Å². The summed E-state index contributed by atoms with van der Waals surface area (Å²) in [5.41, 5.74) is 8.84. The number of anilines is 1. The van der Waals surface area contributed by atoms with E-state index >= 15 is 0 Å². The van der Waals surface area contributed by atoms with E-state index in [4.69, 9.17) is 5.73 Å². The van der Waals surface area contributed by atoms with E-state index in [-0.39, 0.29) is 11.5 Å². The summed E-state index contributed by atoms with van der Waals surface area (Å²) in [6.45, 7) is 11.2. The number of benzene rings is 1. The van der Waals surface area contributed by atoms with Crippen molar-refractivity contribution in [2.75, 3.05) is 11.9 Å². The van der Waals surface area contributed by atoms with E-state index in [2.05, 4.69) is 80.7 Å². The van der Waals surface area contributed by atoms with E-state index in [1.165, 1.54) is 11.3 Å². The minimum Gasteiger partial charge on any atom is -0.371 e. The predicted molar refractivity (Wildman–Crippen MR) is 93.4 cm³/mol. The molecule has 0 aliphatic carbocycles. The van der Waals surface area contributed by atoms with Gasteiger partial charge in [0.1, 0.15) is 0 Å². The molecule has 2 atom stereocenters. The summed E-state index contributed by atoms with van der Waals surface area (Å²) in [4.78, 5) is 2.34. The average Bonchev–Trinajstić information content (AvgIpc) is 2.38. The molecule has 0 saturated carbocycles. The van der Waals surface area contributed by atoms with Crippen LogP contribution in [0.5, 0.6) is 0 Å². The second-order valence-corrected chi connectivity index (χ2v) is 7.66. The molecular formula is C17H29BrN2. The Labute approximate surface area is 132 Å². The highest BCUT2D eigenvalue weighted by atomic mass is 79.9. The fraction of sp³-hybridized carbons (Fsp3) is 0.647. The zero-order chi connectivity index (χ0) is 15.5. The molecule has 2 N–H and O–H groups in total. The van der Waals surface area contributed by atoms with Crippen LogP contribution >= 0.6 is 15.9 Å². The molecule has 1 aromatic rings. The van der Waals surface area contributed by atoms with Crippen LogP contribution in [0.1, 0.15) is 46.6 Å². The van der Waals surface area contributed by atoms with E-state index in [0.717, 1.165) is 17.3 Å². The molecule has 0 fully saturated rings. The molecule has 0 aliphatic heterocycles. The van der Waals surface area contributed by atoms with Crippen LogP contribution < -0.4 is 10.6 Å². The maximum Gasteiger partial charge on any atom is 0.0377 e. The first-order chi connectivity index (χ1) is 9.16. The van der Waals surface area contributed by atoms with Gasteiger partial charge in [-0.3, -0.25) is 0 Å². The van der Waals surface area contributed by atoms with Crippen LogP contribution in [0.15, 0.2) is 22.7 Å². The van der Waals surface area contributed by atoms with Crippen molar-refractivity contribution in [1.82, 2.24) is 0 Å². The number of hydrogen-bond acceptors (Lipinski definition) is 2. The molecule has 0 radical (unpaired) electrons. The number of halogens is 1. The Morgan fingerprint density at radius 1 is 1.30 bits per heavy atom. The monoisotopic (exact) mass is 340 g/mol. The Morgan fingerprint density at radius 3 is 2.35 bits per heavy atom. The molecule has 1 aromatic carbocycles. The van der Waals surface area contributed by atoms with Crippen LogP contribution in [-0.4, -0.2) is 19.1 Å². The summed E-state index contributed by atoms with van der Waals surface area (Å²) >= 11 is 3.69. The summed E-state index contributed by atoms with van der Waals surface area (Å²) in [5.74, 6) is 0. The molecule has 0 saturated heterocycles. The second kappa shape index (κ2) is 6.95. The molecule has 114 valence electrons. The van der Waals surface area contributed by atoms with E-state index in [1.54, 1.807) is 0 Å². The number of nitrogens with zero attached hydrogens (tertiary/aromatic N) is 1. The van der Waals surface area contributed by atoms with Gasteiger partial charge in [0.05, 0.1) is 0 Å². The summed E-state index contributed by atoms with van der Waals surface area (Å²) in [5, 5.41) is 0. The minimum absolute atomic E-state index is 0.239. The van der Waals surface area contributed by atoms with Gasteiger partial charge in [-0.1, -0.05) is 49.7 Å². The lowest BCUT2D eigenvalue weighted by Gasteiger charge is -2.37. The molecule has 0 spiro atoms. The van der Waals surface area contributed by atoms with Gasteiger partial charge in [-0.2, -0.15) is 0 Å². The van der Waals surface area contributed by atoms with Crippen molar-refractivity contribution in [3.05, 3.63) is 28.2 Å². The minimum atomic E-state index is 0.239. The molecule has 0 heterocycles. The molecule has 0 aliphatic rings. The fourth-order valence-electron chi connectivity index (χ4n) is 2.15. The van der Waals surface area contributed by atoms with Crippen molar-refractivity contribution in [1.29, 1.82) is 0 Å². The van der Waals surface area contributed by atoms with E-state index in [9.17, 15) is 0 Å². The highest BCUT2D eigenvalue weighted by molar-refractivity contribution is 9.10. The normalized spacial score (nSPS) is 15.0. The first-order valence-electron chi connectivity index (χ1n) is 7.43. The van der Waals surface area contributed by atoms with E-state index in [1.807, 2.05) is 0 Å². The van der Waals surface area contributed by atoms with Gasteiger partial charge in [0, 0.05) is 29.3 Å². The van der Waals surface area contributed by atoms with Gasteiger partial charge in [-0.15, -0.1) is 0 Å². The Morgan fingerprint density at radius 2 is 1.90 bits per heavy atom. The van der Waals surface area contributed by atoms with Gasteiger partial charge in [0.15, 0.2) is 0 Å². The van der Waals surface area contributed by atoms with Gasteiger partial charge < -0.3 is 10.6 Å². The zero-order valence-electron chi connectivity index (χ0n) is 13.7. The highest BCUT2D eigenvalue weighted by Crippen LogP contribution is 2.30. The Bertz CT molecular complexity index is 437. The number of hydrogen-bond donors (Lipinski definition) is 1. The van der Waals surface area contributed by atoms with Crippen LogP contribution in [0.4, 0.5) is 5.69 Å². The van der Waals surface area contributed by atoms with Crippen LogP contribution in [0.3, 0.4) is 0 Å². The maximum absolute atomic E-state index is 6.05. The SMILES string of the molecule is CCC(N)Cc1ccc(N(C)C(C)C(C)(C)C)cc1Br. The molecule has 1 rings (SSSR count). The Kier molecular flexibility index (Phi) is 6.08. The largest absolute Gasteiger partial charge is 0.371 e. The molecule has 3 heteroatoms. The van der Waals surface area contributed by atoms with Crippen LogP contribution in [0.25, 0.3) is 0 Å². The van der Waals surface area contributed by atoms with Crippen molar-refractivity contribution < 1.29 is 0 Å². The smallest absolute Gasteiger partial charge is 0.0377 e. The molecule has 2 unspecified atom stereocenters. The van der Waals surface area contributed by atoms with Crippen molar-refractivity contribution >= 4 is 21.6 Å². The number of nitrogens with two attached hydrogens (primary N) is 1. The van der Waals surface area contributed by atoms with Gasteiger partial charge in [-0.05, 0) is 42.9 Å². The van der Waals surface area contributed by atoms with Gasteiger partial charge >= 0.3 is 0 Å². The summed E-state index contributed by atoms with van der Waals surface area (Å²) in [6, 6.07) is 7.31. The number of rotatable bonds is 5. The first-order valence-corrected chi connectivity index (χ1v) is 8.23. The summed E-state index contributed by atoms with van der Waals surface area (Å²) in [6.07, 6.45) is 1.94. The standard InChI is InChI=1S/C17H29BrN2/c1-7-14(19)10-13-8-9-15(11-16(13)18)20(6)12(2)17(3,4)5/h8-9,11-12,14H,7,10,19H2,1-6H3. The summed E-state index contributed by atoms with van der Waals surface area (Å²) < 4.78 is 1.16. The third-order valence-corrected chi connectivity index (χ3v) is 5.02. The highest BCUT2D eigenvalue weighted by Gasteiger charge is 2.24. The van der Waals surface area contributed by atoms with E-state index < -0.39 is 0 Å². The topological polar surface area (TPSA) is 29.3 Å². The Balaban J connectivity index is 2.92. The predicted octanol–water partition coefficient (Wildman–Crippen LogP) is 4.60. The molecule has 0 aromatic heterocycles. The van der Waals surface area contributed by atoms with Crippen molar-refractivity contribution in [3.8, 4) is 0 Å². The van der Waals surface area contributed by atoms with Gasteiger partial charge in [0.2, 0.25) is 0 Å². The third kappa shape index (κ3) is 4.49. The lowest BCUT2D eigenvalue weighted by atomic mass is 9.87. The van der Waals surface area contributed by atoms with Gasteiger partial charge in [-0.25, -0.2) is 0 Å².